The zero-order valence-corrected chi connectivity index (χ0v) is 21.8. The number of rotatable bonds is 15. The Morgan fingerprint density at radius 3 is 2.31 bits per heavy atom. The van der Waals surface area contributed by atoms with Crippen LogP contribution in [0.25, 0.3) is 21.2 Å². The summed E-state index contributed by atoms with van der Waals surface area (Å²) < 4.78 is 12.3. The SMILES string of the molecule is NCC(N)C(=S)OCCCCCCCCCCOc1ccc(-c2cc3cnccc3sc2=O)cc1. The van der Waals surface area contributed by atoms with Crippen molar-refractivity contribution < 1.29 is 9.47 Å². The maximum Gasteiger partial charge on any atom is 0.240 e. The minimum absolute atomic E-state index is 0.0575. The highest BCUT2D eigenvalue weighted by Crippen LogP contribution is 2.25. The molecular formula is C27H35N3O3S2. The van der Waals surface area contributed by atoms with E-state index in [1.807, 2.05) is 36.4 Å². The number of hydrogen-bond donors (Lipinski definition) is 2. The molecule has 2 heterocycles. The molecule has 1 unspecified atom stereocenters. The summed E-state index contributed by atoms with van der Waals surface area (Å²) >= 11 is 6.33. The van der Waals surface area contributed by atoms with Gasteiger partial charge < -0.3 is 20.9 Å². The molecule has 0 radical (unpaired) electrons. The van der Waals surface area contributed by atoms with Gasteiger partial charge in [0.15, 0.2) is 5.05 Å². The predicted molar refractivity (Wildman–Crippen MR) is 149 cm³/mol. The Morgan fingerprint density at radius 2 is 1.63 bits per heavy atom. The van der Waals surface area contributed by atoms with Crippen LogP contribution in [-0.4, -0.2) is 35.8 Å². The van der Waals surface area contributed by atoms with Crippen molar-refractivity contribution in [1.82, 2.24) is 4.98 Å². The van der Waals surface area contributed by atoms with Gasteiger partial charge in [0.1, 0.15) is 5.75 Å². The van der Waals surface area contributed by atoms with Crippen LogP contribution in [0.5, 0.6) is 5.75 Å². The number of hydrogen-bond acceptors (Lipinski definition) is 8. The number of pyridine rings is 1. The highest BCUT2D eigenvalue weighted by Gasteiger charge is 2.08. The molecule has 35 heavy (non-hydrogen) atoms. The molecule has 0 amide bonds. The van der Waals surface area contributed by atoms with Crippen LogP contribution in [0.3, 0.4) is 0 Å². The molecule has 2 aromatic heterocycles. The van der Waals surface area contributed by atoms with Gasteiger partial charge in [0.2, 0.25) is 4.74 Å². The molecular weight excluding hydrogens is 478 g/mol. The van der Waals surface area contributed by atoms with Crippen LogP contribution in [0.2, 0.25) is 0 Å². The van der Waals surface area contributed by atoms with E-state index in [1.54, 1.807) is 12.4 Å². The summed E-state index contributed by atoms with van der Waals surface area (Å²) in [4.78, 5) is 16.7. The Kier molecular flexibility index (Phi) is 11.6. The van der Waals surface area contributed by atoms with Crippen molar-refractivity contribution in [2.75, 3.05) is 19.8 Å². The van der Waals surface area contributed by atoms with Crippen molar-refractivity contribution in [3.8, 4) is 16.9 Å². The molecule has 0 bridgehead atoms. The number of aromatic nitrogens is 1. The topological polar surface area (TPSA) is 100 Å². The van der Waals surface area contributed by atoms with Gasteiger partial charge in [-0.15, -0.1) is 0 Å². The second-order valence-electron chi connectivity index (χ2n) is 8.57. The second-order valence-corrected chi connectivity index (χ2v) is 9.99. The maximum absolute atomic E-state index is 12.5. The van der Waals surface area contributed by atoms with Gasteiger partial charge in [-0.1, -0.05) is 62.0 Å². The Bertz CT molecular complexity index is 1120. The van der Waals surface area contributed by atoms with Gasteiger partial charge in [-0.2, -0.15) is 0 Å². The largest absolute Gasteiger partial charge is 0.494 e. The van der Waals surface area contributed by atoms with Crippen molar-refractivity contribution in [2.45, 2.75) is 57.4 Å². The van der Waals surface area contributed by atoms with Crippen molar-refractivity contribution >= 4 is 38.7 Å². The molecule has 1 atom stereocenters. The standard InChI is InChI=1S/C27H35N3O3S2/c28-18-24(29)27(34)33-16-8-6-4-2-1-3-5-7-15-32-22-11-9-20(10-12-22)23-17-21-19-30-14-13-25(21)35-26(23)31/h9-14,17,19,24H,1-8,15-16,18,28-29H2. The highest BCUT2D eigenvalue weighted by molar-refractivity contribution is 7.80. The lowest BCUT2D eigenvalue weighted by Gasteiger charge is -2.12. The van der Waals surface area contributed by atoms with E-state index in [2.05, 4.69) is 4.98 Å². The molecule has 0 fully saturated rings. The normalized spacial score (nSPS) is 11.9. The lowest BCUT2D eigenvalue weighted by atomic mass is 10.1. The van der Waals surface area contributed by atoms with E-state index in [9.17, 15) is 4.79 Å². The van der Waals surface area contributed by atoms with Gasteiger partial charge >= 0.3 is 0 Å². The number of thiocarbonyl (C=S) groups is 1. The molecule has 3 aromatic rings. The van der Waals surface area contributed by atoms with E-state index in [0.29, 0.717) is 30.4 Å². The van der Waals surface area contributed by atoms with Crippen LogP contribution in [0, 0.1) is 0 Å². The number of nitrogens with two attached hydrogens (primary N) is 2. The average molecular weight is 514 g/mol. The number of benzene rings is 1. The van der Waals surface area contributed by atoms with Gasteiger partial charge in [0.05, 0.1) is 19.3 Å². The molecule has 0 saturated heterocycles. The third-order valence-corrected chi connectivity index (χ3v) is 7.22. The lowest BCUT2D eigenvalue weighted by molar-refractivity contribution is 0.287. The lowest BCUT2D eigenvalue weighted by Crippen LogP contribution is -2.38. The van der Waals surface area contributed by atoms with E-state index in [4.69, 9.17) is 33.2 Å². The average Bonchev–Trinajstić information content (AvgIpc) is 2.88. The summed E-state index contributed by atoms with van der Waals surface area (Å²) in [6.45, 7) is 1.66. The molecule has 0 spiro atoms. The first-order valence-electron chi connectivity index (χ1n) is 12.3. The zero-order valence-electron chi connectivity index (χ0n) is 20.1. The molecule has 0 aliphatic rings. The van der Waals surface area contributed by atoms with Gasteiger partial charge in [0, 0.05) is 34.6 Å². The van der Waals surface area contributed by atoms with Crippen LogP contribution in [0.15, 0.2) is 53.6 Å². The van der Waals surface area contributed by atoms with E-state index in [-0.39, 0.29) is 10.8 Å². The van der Waals surface area contributed by atoms with Crippen molar-refractivity contribution in [3.63, 3.8) is 0 Å². The summed E-state index contributed by atoms with van der Waals surface area (Å²) in [5, 5.41) is 1.40. The highest BCUT2D eigenvalue weighted by atomic mass is 32.1. The summed E-state index contributed by atoms with van der Waals surface area (Å²) in [7, 11) is 0. The molecule has 3 rings (SSSR count). The number of nitrogens with zero attached hydrogens (tertiary/aromatic N) is 1. The fourth-order valence-corrected chi connectivity index (χ4v) is 4.75. The molecule has 1 aromatic carbocycles. The fourth-order valence-electron chi connectivity index (χ4n) is 3.73. The minimum atomic E-state index is -0.339. The Hall–Kier alpha value is -2.39. The van der Waals surface area contributed by atoms with Gasteiger partial charge in [-0.05, 0) is 54.9 Å². The summed E-state index contributed by atoms with van der Waals surface area (Å²) in [6, 6.07) is 11.2. The predicted octanol–water partition coefficient (Wildman–Crippen LogP) is 5.45. The van der Waals surface area contributed by atoms with Crippen molar-refractivity contribution in [3.05, 3.63) is 58.3 Å². The third kappa shape index (κ3) is 8.96. The monoisotopic (exact) mass is 513 g/mol. The molecule has 188 valence electrons. The Labute approximate surface area is 216 Å². The smallest absolute Gasteiger partial charge is 0.240 e. The first kappa shape index (κ1) is 27.2. The van der Waals surface area contributed by atoms with E-state index >= 15 is 0 Å². The molecule has 0 saturated carbocycles. The fraction of sp³-hybridized carbons (Fsp3) is 0.444. The van der Waals surface area contributed by atoms with Crippen molar-refractivity contribution in [1.29, 1.82) is 0 Å². The molecule has 0 aliphatic heterocycles. The summed E-state index contributed by atoms with van der Waals surface area (Å²) in [5.74, 6) is 0.835. The van der Waals surface area contributed by atoms with E-state index in [1.165, 1.54) is 43.4 Å². The zero-order chi connectivity index (χ0) is 24.9. The van der Waals surface area contributed by atoms with Crippen LogP contribution in [-0.2, 0) is 4.74 Å². The number of ether oxygens (including phenoxy) is 2. The molecule has 4 N–H and O–H groups in total. The minimum Gasteiger partial charge on any atom is -0.494 e. The summed E-state index contributed by atoms with van der Waals surface area (Å²) in [5.41, 5.74) is 12.8. The first-order chi connectivity index (χ1) is 17.1. The molecule has 6 nitrogen and oxygen atoms in total. The number of unbranched alkanes of at least 4 members (excludes halogenated alkanes) is 7. The second kappa shape index (κ2) is 14.9. The van der Waals surface area contributed by atoms with Gasteiger partial charge in [-0.3, -0.25) is 9.78 Å². The Balaban J connectivity index is 1.25. The van der Waals surface area contributed by atoms with Crippen molar-refractivity contribution in [2.24, 2.45) is 11.5 Å². The molecule has 8 heteroatoms. The third-order valence-electron chi connectivity index (χ3n) is 5.81. The van der Waals surface area contributed by atoms with Gasteiger partial charge in [0.25, 0.3) is 0 Å². The molecule has 0 aliphatic carbocycles. The summed E-state index contributed by atoms with van der Waals surface area (Å²) in [6.07, 6.45) is 12.8. The maximum atomic E-state index is 12.5. The van der Waals surface area contributed by atoms with E-state index < -0.39 is 0 Å². The quantitative estimate of drug-likeness (QED) is 0.206. The van der Waals surface area contributed by atoms with Crippen LogP contribution in [0.4, 0.5) is 0 Å². The van der Waals surface area contributed by atoms with Crippen LogP contribution < -0.4 is 20.9 Å². The van der Waals surface area contributed by atoms with Gasteiger partial charge in [-0.25, -0.2) is 0 Å². The van der Waals surface area contributed by atoms with Crippen LogP contribution in [0.1, 0.15) is 51.4 Å². The first-order valence-corrected chi connectivity index (χ1v) is 13.5. The Morgan fingerprint density at radius 1 is 0.971 bits per heavy atom. The van der Waals surface area contributed by atoms with Crippen LogP contribution >= 0.6 is 23.6 Å². The number of fused-ring (bicyclic) bond motifs is 1. The van der Waals surface area contributed by atoms with E-state index in [0.717, 1.165) is 40.7 Å².